The number of amides is 1. The topological polar surface area (TPSA) is 54.5 Å². The monoisotopic (exact) mass is 309 g/mol. The van der Waals surface area contributed by atoms with Crippen molar-refractivity contribution < 1.29 is 9.53 Å². The van der Waals surface area contributed by atoms with Crippen LogP contribution >= 0.6 is 11.8 Å². The molecule has 1 N–H and O–H groups in total. The van der Waals surface area contributed by atoms with Crippen molar-refractivity contribution in [2.75, 3.05) is 26.5 Å². The molecule has 6 heteroatoms. The fourth-order valence-corrected chi connectivity index (χ4v) is 3.12. The quantitative estimate of drug-likeness (QED) is 0.838. The van der Waals surface area contributed by atoms with E-state index in [1.165, 1.54) is 11.8 Å². The molecule has 116 valence electrons. The van der Waals surface area contributed by atoms with E-state index < -0.39 is 0 Å². The molecule has 2 heterocycles. The van der Waals surface area contributed by atoms with Gasteiger partial charge in [0.05, 0.1) is 17.7 Å². The van der Waals surface area contributed by atoms with Gasteiger partial charge >= 0.3 is 0 Å². The first-order chi connectivity index (χ1) is 10.1. The van der Waals surface area contributed by atoms with E-state index in [4.69, 9.17) is 4.74 Å². The Morgan fingerprint density at radius 2 is 2.29 bits per heavy atom. The molecule has 1 aliphatic heterocycles. The number of likely N-dealkylation sites (tertiary alicyclic amines) is 1. The minimum atomic E-state index is -0.0786. The highest BCUT2D eigenvalue weighted by Crippen LogP contribution is 2.19. The van der Waals surface area contributed by atoms with Crippen LogP contribution in [0.1, 0.15) is 24.2 Å². The summed E-state index contributed by atoms with van der Waals surface area (Å²) in [6, 6.07) is 4.06. The number of nitrogens with one attached hydrogen (secondary N) is 1. The zero-order valence-electron chi connectivity index (χ0n) is 13.0. The number of aromatic nitrogens is 1. The number of nitrogens with zero attached hydrogens (tertiary/aromatic N) is 2. The fourth-order valence-electron chi connectivity index (χ4n) is 2.57. The van der Waals surface area contributed by atoms with Crippen LogP contribution in [0.25, 0.3) is 0 Å². The van der Waals surface area contributed by atoms with Crippen LogP contribution in [0.2, 0.25) is 0 Å². The van der Waals surface area contributed by atoms with Gasteiger partial charge in [0.1, 0.15) is 5.03 Å². The average Bonchev–Trinajstić information content (AvgIpc) is 2.90. The highest BCUT2D eigenvalue weighted by Gasteiger charge is 2.35. The van der Waals surface area contributed by atoms with Crippen LogP contribution < -0.4 is 5.32 Å². The van der Waals surface area contributed by atoms with Crippen molar-refractivity contribution in [1.29, 1.82) is 0 Å². The summed E-state index contributed by atoms with van der Waals surface area (Å²) < 4.78 is 5.52. The smallest absolute Gasteiger partial charge is 0.254 e. The number of carbonyl (C=O) groups excluding carboxylic acids is 1. The predicted molar refractivity (Wildman–Crippen MR) is 84.8 cm³/mol. The van der Waals surface area contributed by atoms with E-state index in [0.29, 0.717) is 11.6 Å². The zero-order valence-corrected chi connectivity index (χ0v) is 13.8. The van der Waals surface area contributed by atoms with Crippen LogP contribution in [0, 0.1) is 0 Å². The molecule has 0 spiro atoms. The van der Waals surface area contributed by atoms with Gasteiger partial charge in [-0.3, -0.25) is 9.69 Å². The number of pyridine rings is 1. The zero-order chi connectivity index (χ0) is 15.4. The lowest BCUT2D eigenvalue weighted by Gasteiger charge is -2.20. The molecule has 0 unspecified atom stereocenters. The fraction of sp³-hybridized carbons (Fsp3) is 0.600. The maximum atomic E-state index is 12.5. The Morgan fingerprint density at radius 1 is 1.52 bits per heavy atom. The van der Waals surface area contributed by atoms with E-state index in [-0.39, 0.29) is 18.1 Å². The van der Waals surface area contributed by atoms with Gasteiger partial charge in [-0.15, -0.1) is 11.8 Å². The highest BCUT2D eigenvalue weighted by molar-refractivity contribution is 7.98. The van der Waals surface area contributed by atoms with Crippen molar-refractivity contribution in [3.05, 3.63) is 23.9 Å². The van der Waals surface area contributed by atoms with Gasteiger partial charge in [0.15, 0.2) is 0 Å². The maximum absolute atomic E-state index is 12.5. The number of carbonyl (C=O) groups is 1. The van der Waals surface area contributed by atoms with E-state index in [9.17, 15) is 4.79 Å². The summed E-state index contributed by atoms with van der Waals surface area (Å²) >= 11 is 1.48. The first-order valence-electron chi connectivity index (χ1n) is 7.13. The lowest BCUT2D eigenvalue weighted by atomic mass is 10.2. The van der Waals surface area contributed by atoms with Crippen molar-refractivity contribution >= 4 is 17.7 Å². The van der Waals surface area contributed by atoms with Crippen molar-refractivity contribution in [3.63, 3.8) is 0 Å². The average molecular weight is 309 g/mol. The van der Waals surface area contributed by atoms with Crippen molar-refractivity contribution in [2.24, 2.45) is 0 Å². The van der Waals surface area contributed by atoms with Crippen LogP contribution in [0.5, 0.6) is 0 Å². The molecule has 2 rings (SSSR count). The van der Waals surface area contributed by atoms with Crippen molar-refractivity contribution in [1.82, 2.24) is 15.2 Å². The molecule has 21 heavy (non-hydrogen) atoms. The van der Waals surface area contributed by atoms with Crippen LogP contribution in [0.15, 0.2) is 23.4 Å². The van der Waals surface area contributed by atoms with E-state index in [0.717, 1.165) is 18.1 Å². The summed E-state index contributed by atoms with van der Waals surface area (Å²) in [7, 11) is 1.70. The predicted octanol–water partition coefficient (Wildman–Crippen LogP) is 1.64. The van der Waals surface area contributed by atoms with E-state index in [1.54, 1.807) is 19.4 Å². The number of thioether (sulfide) groups is 1. The Balaban J connectivity index is 2.08. The third-order valence-corrected chi connectivity index (χ3v) is 4.57. The third-order valence-electron chi connectivity index (χ3n) is 3.85. The summed E-state index contributed by atoms with van der Waals surface area (Å²) in [6.07, 6.45) is 3.66. The lowest BCUT2D eigenvalue weighted by molar-refractivity contribution is 0.0751. The standard InChI is InChI=1S/C15H23N3O2S/c1-10(2)18-8-12(13(9-18)20-3)17-14(19)11-6-5-7-16-15(11)21-4/h5-7,10,12-13H,8-9H2,1-4H3,(H,17,19)/t12-,13-/m1/s1. The van der Waals surface area contributed by atoms with Gasteiger partial charge in [-0.25, -0.2) is 4.98 Å². The SMILES string of the molecule is CO[C@@H]1CN(C(C)C)C[C@H]1NC(=O)c1cccnc1SC. The maximum Gasteiger partial charge on any atom is 0.254 e. The first-order valence-corrected chi connectivity index (χ1v) is 8.36. The number of ether oxygens (including phenoxy) is 1. The third kappa shape index (κ3) is 3.75. The molecule has 5 nitrogen and oxygen atoms in total. The lowest BCUT2D eigenvalue weighted by Crippen LogP contribution is -2.44. The highest BCUT2D eigenvalue weighted by atomic mass is 32.2. The summed E-state index contributed by atoms with van der Waals surface area (Å²) in [4.78, 5) is 19.0. The molecule has 1 aliphatic rings. The minimum Gasteiger partial charge on any atom is -0.378 e. The van der Waals surface area contributed by atoms with Crippen molar-refractivity contribution in [3.8, 4) is 0 Å². The van der Waals surface area contributed by atoms with Gasteiger partial charge in [0.2, 0.25) is 0 Å². The molecule has 0 bridgehead atoms. The van der Waals surface area contributed by atoms with Crippen LogP contribution in [-0.2, 0) is 4.74 Å². The molecule has 0 saturated carbocycles. The molecule has 1 saturated heterocycles. The number of methoxy groups -OCH3 is 1. The van der Waals surface area contributed by atoms with Gasteiger partial charge < -0.3 is 10.1 Å². The summed E-state index contributed by atoms with van der Waals surface area (Å²) in [6.45, 7) is 5.98. The molecule has 1 amide bonds. The molecule has 1 aromatic heterocycles. The number of rotatable bonds is 5. The van der Waals surface area contributed by atoms with Crippen LogP contribution in [0.4, 0.5) is 0 Å². The first kappa shape index (κ1) is 16.3. The molecule has 2 atom stereocenters. The van der Waals surface area contributed by atoms with E-state index in [1.807, 2.05) is 12.3 Å². The second-order valence-corrected chi connectivity index (χ2v) is 6.26. The molecule has 0 aromatic carbocycles. The van der Waals surface area contributed by atoms with Gasteiger partial charge in [-0.1, -0.05) is 0 Å². The normalized spacial score (nSPS) is 22.7. The molecular formula is C15H23N3O2S. The van der Waals surface area contributed by atoms with Gasteiger partial charge in [-0.05, 0) is 32.2 Å². The van der Waals surface area contributed by atoms with Gasteiger partial charge in [0, 0.05) is 32.4 Å². The molecular weight excluding hydrogens is 286 g/mol. The molecule has 1 aromatic rings. The van der Waals surface area contributed by atoms with Gasteiger partial charge in [0.25, 0.3) is 5.91 Å². The Morgan fingerprint density at radius 3 is 2.90 bits per heavy atom. The Bertz CT molecular complexity index is 496. The Labute approximate surface area is 130 Å². The molecule has 1 fully saturated rings. The largest absolute Gasteiger partial charge is 0.378 e. The van der Waals surface area contributed by atoms with Crippen LogP contribution in [-0.4, -0.2) is 60.4 Å². The summed E-state index contributed by atoms with van der Waals surface area (Å²) in [5.74, 6) is -0.0786. The Kier molecular flexibility index (Phi) is 5.61. The Hall–Kier alpha value is -1.11. The van der Waals surface area contributed by atoms with E-state index in [2.05, 4.69) is 29.0 Å². The minimum absolute atomic E-state index is 0.0137. The summed E-state index contributed by atoms with van der Waals surface area (Å²) in [5, 5.41) is 3.85. The molecule has 0 radical (unpaired) electrons. The molecule has 0 aliphatic carbocycles. The second kappa shape index (κ2) is 7.24. The van der Waals surface area contributed by atoms with Gasteiger partial charge in [-0.2, -0.15) is 0 Å². The van der Waals surface area contributed by atoms with E-state index >= 15 is 0 Å². The number of hydrogen-bond donors (Lipinski definition) is 1. The van der Waals surface area contributed by atoms with Crippen molar-refractivity contribution in [2.45, 2.75) is 37.1 Å². The van der Waals surface area contributed by atoms with Crippen LogP contribution in [0.3, 0.4) is 0 Å². The number of hydrogen-bond acceptors (Lipinski definition) is 5. The second-order valence-electron chi connectivity index (χ2n) is 5.46. The summed E-state index contributed by atoms with van der Waals surface area (Å²) in [5.41, 5.74) is 0.628.